The number of rotatable bonds is 7. The van der Waals surface area contributed by atoms with Gasteiger partial charge in [0.05, 0.1) is 16.5 Å². The summed E-state index contributed by atoms with van der Waals surface area (Å²) in [6, 6.07) is 8.93. The fourth-order valence-electron chi connectivity index (χ4n) is 2.65. The Morgan fingerprint density at radius 3 is 2.69 bits per heavy atom. The average molecular weight is 486 g/mol. The van der Waals surface area contributed by atoms with E-state index in [2.05, 4.69) is 15.5 Å². The third-order valence-corrected chi connectivity index (χ3v) is 5.50. The Morgan fingerprint density at radius 2 is 1.97 bits per heavy atom. The highest BCUT2D eigenvalue weighted by atomic mass is 35.5. The summed E-state index contributed by atoms with van der Waals surface area (Å²) in [5.41, 5.74) is 0.587. The SMILES string of the molecule is Cc1ccc(C)c(OCc2nnc(SC(C)C(=O)Nc3ccc(Cl)cc3C(F)(F)F)o2)c1. The second kappa shape index (κ2) is 9.83. The largest absolute Gasteiger partial charge is 0.484 e. The zero-order valence-corrected chi connectivity index (χ0v) is 18.9. The van der Waals surface area contributed by atoms with Crippen LogP contribution in [-0.2, 0) is 17.6 Å². The highest BCUT2D eigenvalue weighted by molar-refractivity contribution is 8.00. The Morgan fingerprint density at radius 1 is 1.22 bits per heavy atom. The van der Waals surface area contributed by atoms with E-state index in [1.807, 2.05) is 32.0 Å². The number of halogens is 4. The predicted octanol–water partition coefficient (Wildman–Crippen LogP) is 6.06. The van der Waals surface area contributed by atoms with Crippen molar-refractivity contribution in [2.75, 3.05) is 5.32 Å². The molecule has 3 aromatic rings. The van der Waals surface area contributed by atoms with Gasteiger partial charge in [0, 0.05) is 5.02 Å². The van der Waals surface area contributed by atoms with E-state index >= 15 is 0 Å². The van der Waals surface area contributed by atoms with Crippen LogP contribution >= 0.6 is 23.4 Å². The Labute approximate surface area is 191 Å². The van der Waals surface area contributed by atoms with Crippen LogP contribution in [0.15, 0.2) is 46.0 Å². The van der Waals surface area contributed by atoms with Gasteiger partial charge in [0.15, 0.2) is 6.61 Å². The molecule has 32 heavy (non-hydrogen) atoms. The van der Waals surface area contributed by atoms with Crippen molar-refractivity contribution in [3.8, 4) is 5.75 Å². The molecule has 2 aromatic carbocycles. The molecular weight excluding hydrogens is 467 g/mol. The van der Waals surface area contributed by atoms with Gasteiger partial charge in [-0.2, -0.15) is 13.2 Å². The molecule has 170 valence electrons. The molecule has 0 spiro atoms. The van der Waals surface area contributed by atoms with Gasteiger partial charge in [-0.1, -0.05) is 35.5 Å². The highest BCUT2D eigenvalue weighted by Gasteiger charge is 2.34. The number of nitrogens with zero attached hydrogens (tertiary/aromatic N) is 2. The number of carbonyl (C=O) groups is 1. The van der Waals surface area contributed by atoms with Gasteiger partial charge < -0.3 is 14.5 Å². The molecule has 0 fully saturated rings. The summed E-state index contributed by atoms with van der Waals surface area (Å²) in [6.45, 7) is 5.41. The van der Waals surface area contributed by atoms with Gasteiger partial charge in [-0.3, -0.25) is 4.79 Å². The van der Waals surface area contributed by atoms with Crippen LogP contribution in [0.25, 0.3) is 0 Å². The highest BCUT2D eigenvalue weighted by Crippen LogP contribution is 2.37. The second-order valence-corrected chi connectivity index (χ2v) is 8.68. The summed E-state index contributed by atoms with van der Waals surface area (Å²) in [7, 11) is 0. The van der Waals surface area contributed by atoms with Gasteiger partial charge in [-0.25, -0.2) is 0 Å². The normalized spacial score (nSPS) is 12.5. The second-order valence-electron chi connectivity index (χ2n) is 6.96. The first-order valence-electron chi connectivity index (χ1n) is 9.39. The molecule has 0 aliphatic carbocycles. The van der Waals surface area contributed by atoms with Crippen LogP contribution in [0.1, 0.15) is 29.5 Å². The molecule has 1 heterocycles. The van der Waals surface area contributed by atoms with Gasteiger partial charge in [0.1, 0.15) is 5.75 Å². The number of aryl methyl sites for hydroxylation is 2. The Bertz CT molecular complexity index is 1120. The smallest absolute Gasteiger partial charge is 0.418 e. The van der Waals surface area contributed by atoms with Crippen LogP contribution in [-0.4, -0.2) is 21.4 Å². The first-order chi connectivity index (χ1) is 15.0. The van der Waals surface area contributed by atoms with Crippen molar-refractivity contribution in [3.05, 3.63) is 64.0 Å². The van der Waals surface area contributed by atoms with Gasteiger partial charge >= 0.3 is 6.18 Å². The molecule has 11 heteroatoms. The lowest BCUT2D eigenvalue weighted by Crippen LogP contribution is -2.24. The molecule has 1 amide bonds. The number of amides is 1. The lowest BCUT2D eigenvalue weighted by molar-refractivity contribution is -0.137. The number of alkyl halides is 3. The Kier molecular flexibility index (Phi) is 7.35. The maximum atomic E-state index is 13.2. The van der Waals surface area contributed by atoms with E-state index in [-0.39, 0.29) is 28.4 Å². The lowest BCUT2D eigenvalue weighted by Gasteiger charge is -2.15. The van der Waals surface area contributed by atoms with E-state index in [9.17, 15) is 18.0 Å². The number of benzene rings is 2. The van der Waals surface area contributed by atoms with Crippen molar-refractivity contribution < 1.29 is 27.1 Å². The predicted molar refractivity (Wildman–Crippen MR) is 115 cm³/mol. The molecule has 3 rings (SSSR count). The summed E-state index contributed by atoms with van der Waals surface area (Å²) in [5, 5.41) is 9.22. The zero-order valence-electron chi connectivity index (χ0n) is 17.3. The zero-order chi connectivity index (χ0) is 23.5. The fourth-order valence-corrected chi connectivity index (χ4v) is 3.52. The number of carbonyl (C=O) groups excluding carboxylic acids is 1. The van der Waals surface area contributed by atoms with E-state index in [0.29, 0.717) is 5.75 Å². The summed E-state index contributed by atoms with van der Waals surface area (Å²) in [6.07, 6.45) is -4.67. The van der Waals surface area contributed by atoms with Crippen LogP contribution in [0.3, 0.4) is 0 Å². The maximum absolute atomic E-state index is 13.2. The maximum Gasteiger partial charge on any atom is 0.418 e. The van der Waals surface area contributed by atoms with Crippen LogP contribution in [0.4, 0.5) is 18.9 Å². The lowest BCUT2D eigenvalue weighted by atomic mass is 10.1. The van der Waals surface area contributed by atoms with Crippen LogP contribution in [0, 0.1) is 13.8 Å². The minimum Gasteiger partial charge on any atom is -0.484 e. The van der Waals surface area contributed by atoms with Crippen molar-refractivity contribution in [2.24, 2.45) is 0 Å². The van der Waals surface area contributed by atoms with Crippen molar-refractivity contribution in [1.29, 1.82) is 0 Å². The standard InChI is InChI=1S/C21H19ClF3N3O3S/c1-11-4-5-12(2)17(8-11)30-10-18-27-28-20(31-18)32-13(3)19(29)26-16-7-6-14(22)9-15(16)21(23,24)25/h4-9,13H,10H2,1-3H3,(H,26,29). The molecule has 0 aliphatic rings. The minimum absolute atomic E-state index is 0.0398. The van der Waals surface area contributed by atoms with Crippen molar-refractivity contribution in [1.82, 2.24) is 10.2 Å². The number of hydrogen-bond donors (Lipinski definition) is 1. The first-order valence-corrected chi connectivity index (χ1v) is 10.7. The van der Waals surface area contributed by atoms with Crippen LogP contribution in [0.5, 0.6) is 5.75 Å². The van der Waals surface area contributed by atoms with E-state index < -0.39 is 22.9 Å². The van der Waals surface area contributed by atoms with E-state index in [1.165, 1.54) is 13.0 Å². The molecule has 1 N–H and O–H groups in total. The monoisotopic (exact) mass is 485 g/mol. The Balaban J connectivity index is 1.61. The van der Waals surface area contributed by atoms with Crippen molar-refractivity contribution in [3.63, 3.8) is 0 Å². The number of hydrogen-bond acceptors (Lipinski definition) is 6. The number of nitrogens with one attached hydrogen (secondary N) is 1. The third kappa shape index (κ3) is 6.17. The number of ether oxygens (including phenoxy) is 1. The average Bonchev–Trinajstić information content (AvgIpc) is 3.16. The summed E-state index contributed by atoms with van der Waals surface area (Å²) in [4.78, 5) is 12.4. The van der Waals surface area contributed by atoms with E-state index in [0.717, 1.165) is 35.0 Å². The fraction of sp³-hybridized carbons (Fsp3) is 0.286. The summed E-state index contributed by atoms with van der Waals surface area (Å²) >= 11 is 6.58. The molecule has 6 nitrogen and oxygen atoms in total. The van der Waals surface area contributed by atoms with Gasteiger partial charge in [0.25, 0.3) is 11.1 Å². The molecule has 0 saturated carbocycles. The van der Waals surface area contributed by atoms with Crippen LogP contribution in [0.2, 0.25) is 5.02 Å². The van der Waals surface area contributed by atoms with Crippen molar-refractivity contribution >= 4 is 35.0 Å². The third-order valence-electron chi connectivity index (χ3n) is 4.33. The quantitative estimate of drug-likeness (QED) is 0.410. The molecule has 0 saturated heterocycles. The first kappa shape index (κ1) is 23.9. The van der Waals surface area contributed by atoms with E-state index in [1.54, 1.807) is 0 Å². The summed E-state index contributed by atoms with van der Waals surface area (Å²) < 4.78 is 50.8. The molecule has 1 aromatic heterocycles. The molecule has 1 atom stereocenters. The number of aromatic nitrogens is 2. The van der Waals surface area contributed by atoms with Crippen LogP contribution < -0.4 is 10.1 Å². The molecule has 0 bridgehead atoms. The molecule has 0 radical (unpaired) electrons. The van der Waals surface area contributed by atoms with Crippen molar-refractivity contribution in [2.45, 2.75) is 44.0 Å². The number of thioether (sulfide) groups is 1. The number of anilines is 1. The summed E-state index contributed by atoms with van der Waals surface area (Å²) in [5.74, 6) is 0.237. The molecule has 0 aliphatic heterocycles. The minimum atomic E-state index is -4.67. The Hall–Kier alpha value is -2.72. The topological polar surface area (TPSA) is 77.2 Å². The van der Waals surface area contributed by atoms with E-state index in [4.69, 9.17) is 20.8 Å². The molecular formula is C21H19ClF3N3O3S. The van der Waals surface area contributed by atoms with Gasteiger partial charge in [-0.05, 0) is 56.2 Å². The van der Waals surface area contributed by atoms with Gasteiger partial charge in [-0.15, -0.1) is 10.2 Å². The van der Waals surface area contributed by atoms with Gasteiger partial charge in [0.2, 0.25) is 5.91 Å². The molecule has 1 unspecified atom stereocenters.